The van der Waals surface area contributed by atoms with Crippen molar-refractivity contribution in [3.05, 3.63) is 64.4 Å². The maximum atomic E-state index is 12.9. The topological polar surface area (TPSA) is 61.4 Å². The maximum Gasteiger partial charge on any atom is 0.241 e. The third kappa shape index (κ3) is 6.04. The van der Waals surface area contributed by atoms with Crippen LogP contribution in [0, 0.1) is 12.7 Å². The minimum atomic E-state index is -0.500. The van der Waals surface area contributed by atoms with Gasteiger partial charge in [0, 0.05) is 17.3 Å². The predicted molar refractivity (Wildman–Crippen MR) is 110 cm³/mol. The molecule has 0 bridgehead atoms. The second-order valence-electron chi connectivity index (χ2n) is 6.54. The number of carbonyl (C=O) groups excluding carboxylic acids is 2. The Kier molecular flexibility index (Phi) is 7.96. The van der Waals surface area contributed by atoms with E-state index in [1.165, 1.54) is 12.1 Å². The van der Waals surface area contributed by atoms with Gasteiger partial charge in [-0.15, -0.1) is 0 Å². The van der Waals surface area contributed by atoms with E-state index >= 15 is 0 Å². The molecule has 0 fully saturated rings. The maximum absolute atomic E-state index is 12.9. The van der Waals surface area contributed by atoms with Gasteiger partial charge in [0.05, 0.1) is 12.6 Å². The smallest absolute Gasteiger partial charge is 0.241 e. The van der Waals surface area contributed by atoms with Crippen LogP contribution in [0.5, 0.6) is 0 Å². The van der Waals surface area contributed by atoms with Crippen LogP contribution in [0.25, 0.3) is 0 Å². The number of benzene rings is 2. The number of hydrogen-bond donors (Lipinski definition) is 2. The second-order valence-corrected chi connectivity index (χ2v) is 6.95. The van der Waals surface area contributed by atoms with Crippen molar-refractivity contribution in [1.29, 1.82) is 0 Å². The Labute approximate surface area is 169 Å². The van der Waals surface area contributed by atoms with Gasteiger partial charge in [-0.1, -0.05) is 36.7 Å². The summed E-state index contributed by atoms with van der Waals surface area (Å²) in [5.41, 5.74) is 2.26. The fraction of sp³-hybridized carbons (Fsp3) is 0.333. The molecular formula is C21H25ClFN3O2. The Morgan fingerprint density at radius 1 is 1.18 bits per heavy atom. The van der Waals surface area contributed by atoms with Crippen molar-refractivity contribution in [3.8, 4) is 0 Å². The number of hydrogen-bond acceptors (Lipinski definition) is 3. The average Bonchev–Trinajstić information content (AvgIpc) is 2.68. The predicted octanol–water partition coefficient (Wildman–Crippen LogP) is 3.75. The molecule has 2 aromatic carbocycles. The summed E-state index contributed by atoms with van der Waals surface area (Å²) in [6, 6.07) is 10.8. The Bertz CT molecular complexity index is 827. The van der Waals surface area contributed by atoms with Crippen molar-refractivity contribution >= 4 is 29.1 Å². The lowest BCUT2D eigenvalue weighted by Gasteiger charge is -2.26. The Balaban J connectivity index is 1.91. The molecule has 2 N–H and O–H groups in total. The van der Waals surface area contributed by atoms with E-state index in [0.29, 0.717) is 23.8 Å². The Hall–Kier alpha value is -2.44. The van der Waals surface area contributed by atoms with Crippen LogP contribution in [-0.4, -0.2) is 35.8 Å². The van der Waals surface area contributed by atoms with Gasteiger partial charge in [-0.25, -0.2) is 4.39 Å². The molecule has 0 aromatic heterocycles. The van der Waals surface area contributed by atoms with Gasteiger partial charge in [0.1, 0.15) is 5.82 Å². The highest BCUT2D eigenvalue weighted by Crippen LogP contribution is 2.23. The molecule has 0 heterocycles. The average molecular weight is 406 g/mol. The Morgan fingerprint density at radius 3 is 2.50 bits per heavy atom. The van der Waals surface area contributed by atoms with E-state index in [1.54, 1.807) is 42.2 Å². The first-order chi connectivity index (χ1) is 13.3. The fourth-order valence-electron chi connectivity index (χ4n) is 2.71. The van der Waals surface area contributed by atoms with Crippen LogP contribution in [0.4, 0.5) is 10.1 Å². The van der Waals surface area contributed by atoms with Crippen molar-refractivity contribution in [1.82, 2.24) is 10.2 Å². The number of carbonyl (C=O) groups is 2. The molecule has 7 heteroatoms. The number of anilines is 1. The van der Waals surface area contributed by atoms with E-state index in [1.807, 2.05) is 13.8 Å². The van der Waals surface area contributed by atoms with Crippen LogP contribution in [0.3, 0.4) is 0 Å². The van der Waals surface area contributed by atoms with Crippen molar-refractivity contribution in [2.75, 3.05) is 18.4 Å². The fourth-order valence-corrected chi connectivity index (χ4v) is 2.89. The normalized spacial score (nSPS) is 11.9. The molecule has 0 saturated heterocycles. The number of amides is 2. The first-order valence-electron chi connectivity index (χ1n) is 9.13. The molecule has 0 radical (unpaired) electrons. The highest BCUT2D eigenvalue weighted by atomic mass is 35.5. The van der Waals surface area contributed by atoms with Crippen LogP contribution < -0.4 is 10.6 Å². The number of nitrogens with one attached hydrogen (secondary N) is 2. The number of halogens is 2. The summed E-state index contributed by atoms with van der Waals surface area (Å²) in [5.74, 6) is -0.731. The van der Waals surface area contributed by atoms with E-state index in [-0.39, 0.29) is 24.2 Å². The summed E-state index contributed by atoms with van der Waals surface area (Å²) in [6.45, 7) is 6.41. The lowest BCUT2D eigenvalue weighted by Crippen LogP contribution is -2.46. The monoisotopic (exact) mass is 405 g/mol. The Morgan fingerprint density at radius 2 is 1.86 bits per heavy atom. The van der Waals surface area contributed by atoms with Gasteiger partial charge in [-0.2, -0.15) is 0 Å². The van der Waals surface area contributed by atoms with Gasteiger partial charge in [0.25, 0.3) is 0 Å². The first-order valence-corrected chi connectivity index (χ1v) is 9.50. The summed E-state index contributed by atoms with van der Waals surface area (Å²) in [7, 11) is 0. The molecule has 2 amide bonds. The van der Waals surface area contributed by atoms with Gasteiger partial charge in [-0.05, 0) is 55.8 Å². The zero-order chi connectivity index (χ0) is 20.7. The molecule has 0 aliphatic rings. The van der Waals surface area contributed by atoms with E-state index in [2.05, 4.69) is 10.6 Å². The quantitative estimate of drug-likeness (QED) is 0.703. The van der Waals surface area contributed by atoms with Crippen molar-refractivity contribution in [2.24, 2.45) is 0 Å². The largest absolute Gasteiger partial charge is 0.351 e. The van der Waals surface area contributed by atoms with E-state index in [9.17, 15) is 14.0 Å². The molecule has 0 saturated carbocycles. The molecule has 0 spiro atoms. The van der Waals surface area contributed by atoms with E-state index < -0.39 is 6.04 Å². The SMILES string of the molecule is CCN(CC(=O)NCc1ccc(F)cc1)C(C)C(=O)Nc1cccc(Cl)c1C. The van der Waals surface area contributed by atoms with Crippen LogP contribution in [0.15, 0.2) is 42.5 Å². The molecule has 5 nitrogen and oxygen atoms in total. The van der Waals surface area contributed by atoms with Crippen molar-refractivity contribution < 1.29 is 14.0 Å². The molecule has 2 rings (SSSR count). The van der Waals surface area contributed by atoms with Crippen LogP contribution in [-0.2, 0) is 16.1 Å². The zero-order valence-electron chi connectivity index (χ0n) is 16.3. The number of rotatable bonds is 8. The number of nitrogens with zero attached hydrogens (tertiary/aromatic N) is 1. The van der Waals surface area contributed by atoms with Gasteiger partial charge in [0.15, 0.2) is 0 Å². The number of likely N-dealkylation sites (N-methyl/N-ethyl adjacent to an activating group) is 1. The first kappa shape index (κ1) is 21.9. The van der Waals surface area contributed by atoms with Gasteiger partial charge >= 0.3 is 0 Å². The highest BCUT2D eigenvalue weighted by Gasteiger charge is 2.22. The summed E-state index contributed by atoms with van der Waals surface area (Å²) >= 11 is 6.09. The molecule has 0 aliphatic heterocycles. The third-order valence-electron chi connectivity index (χ3n) is 4.61. The lowest BCUT2D eigenvalue weighted by molar-refractivity contribution is -0.125. The molecule has 2 aromatic rings. The molecule has 150 valence electrons. The molecular weight excluding hydrogens is 381 g/mol. The van der Waals surface area contributed by atoms with Crippen LogP contribution in [0.2, 0.25) is 5.02 Å². The molecule has 1 unspecified atom stereocenters. The highest BCUT2D eigenvalue weighted by molar-refractivity contribution is 6.31. The van der Waals surface area contributed by atoms with Crippen molar-refractivity contribution in [2.45, 2.75) is 33.4 Å². The third-order valence-corrected chi connectivity index (χ3v) is 5.02. The van der Waals surface area contributed by atoms with Crippen LogP contribution in [0.1, 0.15) is 25.0 Å². The minimum absolute atomic E-state index is 0.0841. The van der Waals surface area contributed by atoms with E-state index in [4.69, 9.17) is 11.6 Å². The summed E-state index contributed by atoms with van der Waals surface area (Å²) < 4.78 is 12.9. The van der Waals surface area contributed by atoms with Crippen molar-refractivity contribution in [3.63, 3.8) is 0 Å². The second kappa shape index (κ2) is 10.2. The summed E-state index contributed by atoms with van der Waals surface area (Å²) in [4.78, 5) is 26.6. The van der Waals surface area contributed by atoms with Gasteiger partial charge in [-0.3, -0.25) is 14.5 Å². The summed E-state index contributed by atoms with van der Waals surface area (Å²) in [5, 5.41) is 6.24. The van der Waals surface area contributed by atoms with E-state index in [0.717, 1.165) is 11.1 Å². The molecule has 0 aliphatic carbocycles. The molecule has 28 heavy (non-hydrogen) atoms. The van der Waals surface area contributed by atoms with Gasteiger partial charge < -0.3 is 10.6 Å². The summed E-state index contributed by atoms with van der Waals surface area (Å²) in [6.07, 6.45) is 0. The zero-order valence-corrected chi connectivity index (χ0v) is 17.0. The van der Waals surface area contributed by atoms with Crippen LogP contribution >= 0.6 is 11.6 Å². The standard InChI is InChI=1S/C21H25ClFN3O2/c1-4-26(13-20(27)24-12-16-8-10-17(23)11-9-16)15(3)21(28)25-19-7-5-6-18(22)14(19)2/h5-11,15H,4,12-13H2,1-3H3,(H,24,27)(H,25,28). The lowest BCUT2D eigenvalue weighted by atomic mass is 10.2. The minimum Gasteiger partial charge on any atom is -0.351 e. The molecule has 1 atom stereocenters. The van der Waals surface area contributed by atoms with Gasteiger partial charge in [0.2, 0.25) is 11.8 Å².